The number of carbonyl (C=O) groups is 2. The van der Waals surface area contributed by atoms with Crippen LogP contribution in [-0.4, -0.2) is 23.7 Å². The Hall–Kier alpha value is -1.58. The van der Waals surface area contributed by atoms with Crippen LogP contribution in [0.1, 0.15) is 96.8 Å². The van der Waals surface area contributed by atoms with E-state index in [1.807, 2.05) is 0 Å². The van der Waals surface area contributed by atoms with Crippen LogP contribution < -0.4 is 0 Å². The van der Waals surface area contributed by atoms with Crippen LogP contribution in [0.2, 0.25) is 0 Å². The van der Waals surface area contributed by atoms with Crippen molar-refractivity contribution >= 4 is 11.9 Å². The second-order valence-electron chi connectivity index (χ2n) is 6.78. The number of ether oxygens (including phenoxy) is 1. The normalized spacial score (nSPS) is 11.4. The average molecular weight is 367 g/mol. The van der Waals surface area contributed by atoms with E-state index in [0.29, 0.717) is 6.61 Å². The van der Waals surface area contributed by atoms with Crippen molar-refractivity contribution in [2.45, 2.75) is 96.8 Å². The number of rotatable bonds is 18. The van der Waals surface area contributed by atoms with Crippen LogP contribution in [0.15, 0.2) is 24.3 Å². The molecule has 0 spiro atoms. The summed E-state index contributed by atoms with van der Waals surface area (Å²) < 4.78 is 4.91. The highest BCUT2D eigenvalue weighted by atomic mass is 16.5. The molecule has 0 heterocycles. The second kappa shape index (κ2) is 19.7. The summed E-state index contributed by atoms with van der Waals surface area (Å²) >= 11 is 0. The summed E-state index contributed by atoms with van der Waals surface area (Å²) in [5.41, 5.74) is 0. The van der Waals surface area contributed by atoms with Crippen molar-refractivity contribution in [1.29, 1.82) is 0 Å². The van der Waals surface area contributed by atoms with Gasteiger partial charge in [-0.25, -0.2) is 9.59 Å². The Balaban J connectivity index is 3.23. The zero-order chi connectivity index (χ0) is 19.3. The lowest BCUT2D eigenvalue weighted by Crippen LogP contribution is -2.03. The van der Waals surface area contributed by atoms with Gasteiger partial charge in [0.2, 0.25) is 0 Å². The van der Waals surface area contributed by atoms with Gasteiger partial charge in [-0.3, -0.25) is 0 Å². The predicted octanol–water partition coefficient (Wildman–Crippen LogP) is 6.21. The van der Waals surface area contributed by atoms with Gasteiger partial charge in [0.15, 0.2) is 0 Å². The van der Waals surface area contributed by atoms with E-state index in [2.05, 4.69) is 19.1 Å². The first-order chi connectivity index (χ1) is 12.7. The van der Waals surface area contributed by atoms with Crippen molar-refractivity contribution in [3.05, 3.63) is 24.3 Å². The number of aliphatic carboxylic acids is 1. The molecule has 0 aromatic rings. The van der Waals surface area contributed by atoms with Crippen LogP contribution in [0.25, 0.3) is 0 Å². The van der Waals surface area contributed by atoms with Crippen molar-refractivity contribution in [2.24, 2.45) is 0 Å². The van der Waals surface area contributed by atoms with Crippen molar-refractivity contribution in [3.63, 3.8) is 0 Å². The Kier molecular flexibility index (Phi) is 18.5. The van der Waals surface area contributed by atoms with Gasteiger partial charge in [0.25, 0.3) is 0 Å². The number of carbonyl (C=O) groups excluding carboxylic acids is 1. The molecule has 0 unspecified atom stereocenters. The molecule has 0 aromatic carbocycles. The third-order valence-corrected chi connectivity index (χ3v) is 4.26. The summed E-state index contributed by atoms with van der Waals surface area (Å²) in [4.78, 5) is 21.4. The molecule has 0 aromatic heterocycles. The molecule has 0 fully saturated rings. The lowest BCUT2D eigenvalue weighted by molar-refractivity contribution is -0.138. The molecule has 0 radical (unpaired) electrons. The fourth-order valence-corrected chi connectivity index (χ4v) is 2.71. The van der Waals surface area contributed by atoms with Gasteiger partial charge >= 0.3 is 11.9 Å². The molecule has 4 nitrogen and oxygen atoms in total. The fraction of sp³-hybridized carbons (Fsp3) is 0.727. The van der Waals surface area contributed by atoms with Crippen molar-refractivity contribution in [1.82, 2.24) is 0 Å². The molecule has 150 valence electrons. The van der Waals surface area contributed by atoms with Crippen LogP contribution in [0.5, 0.6) is 0 Å². The summed E-state index contributed by atoms with van der Waals surface area (Å²) in [5.74, 6) is -1.72. The topological polar surface area (TPSA) is 63.6 Å². The van der Waals surface area contributed by atoms with Gasteiger partial charge in [-0.2, -0.15) is 0 Å². The van der Waals surface area contributed by atoms with E-state index in [9.17, 15) is 9.59 Å². The maximum absolute atomic E-state index is 11.1. The molecule has 26 heavy (non-hydrogen) atoms. The zero-order valence-corrected chi connectivity index (χ0v) is 16.6. The molecule has 0 amide bonds. The highest BCUT2D eigenvalue weighted by Gasteiger charge is 1.98. The number of hydrogen-bond donors (Lipinski definition) is 1. The van der Waals surface area contributed by atoms with Crippen LogP contribution >= 0.6 is 0 Å². The molecule has 1 N–H and O–H groups in total. The summed E-state index contributed by atoms with van der Waals surface area (Å²) in [6, 6.07) is 0. The van der Waals surface area contributed by atoms with Crippen molar-refractivity contribution in [3.8, 4) is 0 Å². The SMILES string of the molecule is CCCCCCCCC=CCCCCCCCCOC(=O)C=CC(=O)O. The third-order valence-electron chi connectivity index (χ3n) is 4.26. The van der Waals surface area contributed by atoms with Gasteiger partial charge in [0.05, 0.1) is 6.61 Å². The Morgan fingerprint density at radius 2 is 1.23 bits per heavy atom. The minimum absolute atomic E-state index is 0.365. The molecule has 0 aliphatic heterocycles. The minimum Gasteiger partial charge on any atom is -0.478 e. The van der Waals surface area contributed by atoms with Crippen molar-refractivity contribution < 1.29 is 19.4 Å². The summed E-state index contributed by atoms with van der Waals surface area (Å²) in [6.45, 7) is 2.62. The Labute approximate surface area is 159 Å². The van der Waals surface area contributed by atoms with E-state index in [4.69, 9.17) is 9.84 Å². The quantitative estimate of drug-likeness (QED) is 0.136. The maximum Gasteiger partial charge on any atom is 0.331 e. The Morgan fingerprint density at radius 3 is 1.77 bits per heavy atom. The van der Waals surface area contributed by atoms with Crippen LogP contribution in [0.3, 0.4) is 0 Å². The van der Waals surface area contributed by atoms with E-state index < -0.39 is 11.9 Å². The number of allylic oxidation sites excluding steroid dienone is 2. The number of hydrogen-bond acceptors (Lipinski definition) is 3. The maximum atomic E-state index is 11.1. The van der Waals surface area contributed by atoms with Gasteiger partial charge in [0.1, 0.15) is 0 Å². The molecule has 0 aliphatic carbocycles. The molecule has 0 saturated carbocycles. The van der Waals surface area contributed by atoms with Crippen LogP contribution in [0.4, 0.5) is 0 Å². The van der Waals surface area contributed by atoms with E-state index in [-0.39, 0.29) is 0 Å². The summed E-state index contributed by atoms with van der Waals surface area (Å²) in [7, 11) is 0. The zero-order valence-electron chi connectivity index (χ0n) is 16.6. The number of unbranched alkanes of at least 4 members (excludes halogenated alkanes) is 12. The van der Waals surface area contributed by atoms with Crippen molar-refractivity contribution in [2.75, 3.05) is 6.61 Å². The minimum atomic E-state index is -1.14. The first kappa shape index (κ1) is 24.4. The van der Waals surface area contributed by atoms with E-state index in [1.165, 1.54) is 70.6 Å². The van der Waals surface area contributed by atoms with Gasteiger partial charge < -0.3 is 9.84 Å². The van der Waals surface area contributed by atoms with E-state index in [1.54, 1.807) is 0 Å². The molecule has 0 aliphatic rings. The van der Waals surface area contributed by atoms with Crippen LogP contribution in [-0.2, 0) is 14.3 Å². The van der Waals surface area contributed by atoms with Gasteiger partial charge in [0, 0.05) is 12.2 Å². The first-order valence-corrected chi connectivity index (χ1v) is 10.4. The summed E-state index contributed by atoms with van der Waals surface area (Å²) in [5, 5.41) is 8.38. The van der Waals surface area contributed by atoms with Crippen LogP contribution in [0, 0.1) is 0 Å². The lowest BCUT2D eigenvalue weighted by Gasteiger charge is -2.02. The monoisotopic (exact) mass is 366 g/mol. The molecule has 0 atom stereocenters. The molecule has 4 heteroatoms. The molecule has 0 rings (SSSR count). The van der Waals surface area contributed by atoms with E-state index in [0.717, 1.165) is 31.4 Å². The number of esters is 1. The highest BCUT2D eigenvalue weighted by molar-refractivity contribution is 5.90. The second-order valence-corrected chi connectivity index (χ2v) is 6.78. The lowest BCUT2D eigenvalue weighted by atomic mass is 10.1. The largest absolute Gasteiger partial charge is 0.478 e. The first-order valence-electron chi connectivity index (χ1n) is 10.4. The molecule has 0 bridgehead atoms. The Morgan fingerprint density at radius 1 is 0.731 bits per heavy atom. The molecule has 0 saturated heterocycles. The number of carboxylic acid groups (broad SMARTS) is 1. The molecular weight excluding hydrogens is 328 g/mol. The third kappa shape index (κ3) is 20.5. The fourth-order valence-electron chi connectivity index (χ4n) is 2.71. The smallest absolute Gasteiger partial charge is 0.331 e. The average Bonchev–Trinajstić information content (AvgIpc) is 2.62. The van der Waals surface area contributed by atoms with E-state index >= 15 is 0 Å². The standard InChI is InChI=1S/C22H38O4/c1-2-3-4-5-6-7-8-9-10-11-12-13-14-15-16-17-20-26-22(25)19-18-21(23)24/h9-10,18-19H,2-8,11-17,20H2,1H3,(H,23,24). The van der Waals surface area contributed by atoms with Gasteiger partial charge in [-0.15, -0.1) is 0 Å². The predicted molar refractivity (Wildman–Crippen MR) is 107 cm³/mol. The molecular formula is C22H38O4. The number of carboxylic acids is 1. The van der Waals surface area contributed by atoms with Gasteiger partial charge in [-0.1, -0.05) is 76.9 Å². The Bertz CT molecular complexity index is 399. The highest BCUT2D eigenvalue weighted by Crippen LogP contribution is 2.10. The summed E-state index contributed by atoms with van der Waals surface area (Å²) in [6.07, 6.45) is 23.8. The van der Waals surface area contributed by atoms with Gasteiger partial charge in [-0.05, 0) is 32.1 Å².